The number of aliphatic hydroxyl groups is 1. The molecule has 1 aliphatic carbocycles. The van der Waals surface area contributed by atoms with Gasteiger partial charge in [-0.25, -0.2) is 0 Å². The molecular weight excluding hydrogens is 248 g/mol. The zero-order chi connectivity index (χ0) is 14.4. The fourth-order valence-corrected chi connectivity index (χ4v) is 3.44. The SMILES string of the molecule is CC1CCC(CN)C(N(CCO)Cc2ccccc2)C1. The first-order chi connectivity index (χ1) is 9.74. The van der Waals surface area contributed by atoms with E-state index in [0.717, 1.165) is 25.6 Å². The lowest BCUT2D eigenvalue weighted by Crippen LogP contribution is -2.47. The van der Waals surface area contributed by atoms with E-state index in [1.165, 1.54) is 24.8 Å². The molecule has 3 N–H and O–H groups in total. The number of aliphatic hydroxyl groups excluding tert-OH is 1. The summed E-state index contributed by atoms with van der Waals surface area (Å²) < 4.78 is 0. The van der Waals surface area contributed by atoms with Gasteiger partial charge in [0.15, 0.2) is 0 Å². The molecule has 0 bridgehead atoms. The van der Waals surface area contributed by atoms with Crippen molar-refractivity contribution in [2.75, 3.05) is 19.7 Å². The van der Waals surface area contributed by atoms with E-state index in [2.05, 4.69) is 36.1 Å². The second-order valence-electron chi connectivity index (χ2n) is 6.16. The molecule has 0 spiro atoms. The van der Waals surface area contributed by atoms with Crippen LogP contribution >= 0.6 is 0 Å². The summed E-state index contributed by atoms with van der Waals surface area (Å²) in [5.74, 6) is 1.33. The lowest BCUT2D eigenvalue weighted by molar-refractivity contribution is 0.0636. The van der Waals surface area contributed by atoms with Gasteiger partial charge in [0, 0.05) is 19.1 Å². The number of rotatable bonds is 6. The van der Waals surface area contributed by atoms with Crippen molar-refractivity contribution in [3.8, 4) is 0 Å². The standard InChI is InChI=1S/C17H28N2O/c1-14-7-8-16(12-18)17(11-14)19(9-10-20)13-15-5-3-2-4-6-15/h2-6,14,16-17,20H,7-13,18H2,1H3. The largest absolute Gasteiger partial charge is 0.395 e. The predicted octanol–water partition coefficient (Wildman–Crippen LogP) is 2.24. The summed E-state index contributed by atoms with van der Waals surface area (Å²) in [6.07, 6.45) is 3.71. The fourth-order valence-electron chi connectivity index (χ4n) is 3.44. The molecule has 3 atom stereocenters. The highest BCUT2D eigenvalue weighted by molar-refractivity contribution is 5.14. The minimum absolute atomic E-state index is 0.217. The van der Waals surface area contributed by atoms with Gasteiger partial charge in [0.2, 0.25) is 0 Å². The molecule has 20 heavy (non-hydrogen) atoms. The first-order valence-corrected chi connectivity index (χ1v) is 7.83. The minimum Gasteiger partial charge on any atom is -0.395 e. The van der Waals surface area contributed by atoms with Gasteiger partial charge in [-0.1, -0.05) is 43.7 Å². The zero-order valence-corrected chi connectivity index (χ0v) is 12.5. The highest BCUT2D eigenvalue weighted by Gasteiger charge is 2.31. The molecule has 0 radical (unpaired) electrons. The van der Waals surface area contributed by atoms with Crippen LogP contribution in [0, 0.1) is 11.8 Å². The minimum atomic E-state index is 0.217. The lowest BCUT2D eigenvalue weighted by atomic mass is 9.78. The Labute approximate surface area is 122 Å². The van der Waals surface area contributed by atoms with E-state index in [1.807, 2.05) is 6.07 Å². The third-order valence-corrected chi connectivity index (χ3v) is 4.61. The number of nitrogens with zero attached hydrogens (tertiary/aromatic N) is 1. The first-order valence-electron chi connectivity index (χ1n) is 7.83. The quantitative estimate of drug-likeness (QED) is 0.838. The van der Waals surface area contributed by atoms with Crippen LogP contribution in [0.25, 0.3) is 0 Å². The van der Waals surface area contributed by atoms with E-state index in [9.17, 15) is 5.11 Å². The molecule has 112 valence electrons. The molecule has 3 heteroatoms. The average molecular weight is 276 g/mol. The highest BCUT2D eigenvalue weighted by Crippen LogP contribution is 2.32. The molecule has 2 rings (SSSR count). The lowest BCUT2D eigenvalue weighted by Gasteiger charge is -2.41. The van der Waals surface area contributed by atoms with Crippen LogP contribution in [0.2, 0.25) is 0 Å². The molecule has 3 nitrogen and oxygen atoms in total. The van der Waals surface area contributed by atoms with Crippen molar-refractivity contribution in [2.24, 2.45) is 17.6 Å². The summed E-state index contributed by atoms with van der Waals surface area (Å²) in [6, 6.07) is 11.0. The molecule has 1 aromatic carbocycles. The van der Waals surface area contributed by atoms with Gasteiger partial charge in [-0.3, -0.25) is 4.90 Å². The highest BCUT2D eigenvalue weighted by atomic mass is 16.3. The molecule has 0 aromatic heterocycles. The maximum absolute atomic E-state index is 9.40. The summed E-state index contributed by atoms with van der Waals surface area (Å²) in [6.45, 7) is 4.96. The normalized spacial score (nSPS) is 26.9. The van der Waals surface area contributed by atoms with Gasteiger partial charge in [-0.15, -0.1) is 0 Å². The topological polar surface area (TPSA) is 49.5 Å². The molecule has 0 amide bonds. The summed E-state index contributed by atoms with van der Waals surface area (Å²) in [5.41, 5.74) is 7.29. The van der Waals surface area contributed by atoms with Crippen molar-refractivity contribution in [2.45, 2.75) is 38.8 Å². The molecule has 3 unspecified atom stereocenters. The Morgan fingerprint density at radius 1 is 1.25 bits per heavy atom. The van der Waals surface area contributed by atoms with Crippen LogP contribution in [0.1, 0.15) is 31.7 Å². The number of hydrogen-bond donors (Lipinski definition) is 2. The summed E-state index contributed by atoms with van der Waals surface area (Å²) in [7, 11) is 0. The van der Waals surface area contributed by atoms with Gasteiger partial charge >= 0.3 is 0 Å². The van der Waals surface area contributed by atoms with Gasteiger partial charge < -0.3 is 10.8 Å². The van der Waals surface area contributed by atoms with E-state index < -0.39 is 0 Å². The van der Waals surface area contributed by atoms with Gasteiger partial charge in [0.25, 0.3) is 0 Å². The third kappa shape index (κ3) is 4.05. The van der Waals surface area contributed by atoms with Crippen LogP contribution in [-0.2, 0) is 6.54 Å². The van der Waals surface area contributed by atoms with E-state index in [-0.39, 0.29) is 6.61 Å². The molecule has 1 aromatic rings. The molecular formula is C17H28N2O. The second kappa shape index (κ2) is 7.77. The summed E-state index contributed by atoms with van der Waals surface area (Å²) in [5, 5.41) is 9.40. The Bertz CT molecular complexity index is 382. The van der Waals surface area contributed by atoms with Crippen LogP contribution < -0.4 is 5.73 Å². The van der Waals surface area contributed by atoms with Crippen LogP contribution in [0.15, 0.2) is 30.3 Å². The Kier molecular flexibility index (Phi) is 6.02. The average Bonchev–Trinajstić information content (AvgIpc) is 2.48. The molecule has 0 saturated heterocycles. The molecule has 1 fully saturated rings. The van der Waals surface area contributed by atoms with Crippen molar-refractivity contribution in [3.63, 3.8) is 0 Å². The molecule has 1 aliphatic rings. The Hall–Kier alpha value is -0.900. The smallest absolute Gasteiger partial charge is 0.0558 e. The third-order valence-electron chi connectivity index (χ3n) is 4.61. The predicted molar refractivity (Wildman–Crippen MR) is 83.3 cm³/mol. The molecule has 0 aliphatic heterocycles. The monoisotopic (exact) mass is 276 g/mol. The van der Waals surface area contributed by atoms with Gasteiger partial charge in [0.1, 0.15) is 0 Å². The van der Waals surface area contributed by atoms with Crippen molar-refractivity contribution in [3.05, 3.63) is 35.9 Å². The van der Waals surface area contributed by atoms with Crippen LogP contribution in [0.4, 0.5) is 0 Å². The summed E-state index contributed by atoms with van der Waals surface area (Å²) in [4.78, 5) is 2.43. The van der Waals surface area contributed by atoms with Crippen molar-refractivity contribution >= 4 is 0 Å². The van der Waals surface area contributed by atoms with Gasteiger partial charge in [0.05, 0.1) is 6.61 Å². The Morgan fingerprint density at radius 3 is 2.65 bits per heavy atom. The van der Waals surface area contributed by atoms with Crippen LogP contribution in [0.3, 0.4) is 0 Å². The maximum atomic E-state index is 9.40. The number of benzene rings is 1. The fraction of sp³-hybridized carbons (Fsp3) is 0.647. The molecule has 0 heterocycles. The maximum Gasteiger partial charge on any atom is 0.0558 e. The van der Waals surface area contributed by atoms with Crippen molar-refractivity contribution in [1.82, 2.24) is 4.90 Å². The van der Waals surface area contributed by atoms with Crippen LogP contribution in [-0.4, -0.2) is 35.7 Å². The van der Waals surface area contributed by atoms with Crippen LogP contribution in [0.5, 0.6) is 0 Å². The van der Waals surface area contributed by atoms with E-state index in [4.69, 9.17) is 5.73 Å². The van der Waals surface area contributed by atoms with Gasteiger partial charge in [-0.2, -0.15) is 0 Å². The Balaban J connectivity index is 2.09. The van der Waals surface area contributed by atoms with E-state index >= 15 is 0 Å². The van der Waals surface area contributed by atoms with E-state index in [0.29, 0.717) is 12.0 Å². The van der Waals surface area contributed by atoms with Crippen molar-refractivity contribution in [1.29, 1.82) is 0 Å². The summed E-state index contributed by atoms with van der Waals surface area (Å²) >= 11 is 0. The van der Waals surface area contributed by atoms with Crippen molar-refractivity contribution < 1.29 is 5.11 Å². The number of hydrogen-bond acceptors (Lipinski definition) is 3. The molecule has 1 saturated carbocycles. The first kappa shape index (κ1) is 15.5. The number of nitrogens with two attached hydrogens (primary N) is 1. The second-order valence-corrected chi connectivity index (χ2v) is 6.16. The Morgan fingerprint density at radius 2 is 2.00 bits per heavy atom. The zero-order valence-electron chi connectivity index (χ0n) is 12.5. The van der Waals surface area contributed by atoms with Gasteiger partial charge in [-0.05, 0) is 36.8 Å². The van der Waals surface area contributed by atoms with E-state index in [1.54, 1.807) is 0 Å².